The summed E-state index contributed by atoms with van der Waals surface area (Å²) in [5, 5.41) is 14.1. The van der Waals surface area contributed by atoms with Crippen molar-refractivity contribution in [1.82, 2.24) is 5.32 Å². The van der Waals surface area contributed by atoms with E-state index in [9.17, 15) is 14.4 Å². The summed E-state index contributed by atoms with van der Waals surface area (Å²) in [7, 11) is 0. The van der Waals surface area contributed by atoms with E-state index in [1.807, 2.05) is 0 Å². The summed E-state index contributed by atoms with van der Waals surface area (Å²) in [6.45, 7) is 1.76. The molecule has 0 radical (unpaired) electrons. The maximum absolute atomic E-state index is 11.8. The van der Waals surface area contributed by atoms with Gasteiger partial charge >= 0.3 is 5.97 Å². The number of thioether (sulfide) groups is 1. The van der Waals surface area contributed by atoms with Crippen molar-refractivity contribution in [3.8, 4) is 0 Å². The predicted octanol–water partition coefficient (Wildman–Crippen LogP) is 1.52. The van der Waals surface area contributed by atoms with Crippen LogP contribution in [0, 0.1) is 6.92 Å². The molecule has 1 saturated heterocycles. The van der Waals surface area contributed by atoms with E-state index in [1.165, 1.54) is 17.4 Å². The molecule has 1 aromatic rings. The number of carbonyl (C=O) groups excluding carboxylic acids is 2. The molecule has 6 nitrogen and oxygen atoms in total. The van der Waals surface area contributed by atoms with Crippen molar-refractivity contribution in [2.45, 2.75) is 13.0 Å². The maximum atomic E-state index is 11.8. The van der Waals surface area contributed by atoms with E-state index in [1.54, 1.807) is 6.92 Å². The van der Waals surface area contributed by atoms with Gasteiger partial charge in [-0.2, -0.15) is 0 Å². The summed E-state index contributed by atoms with van der Waals surface area (Å²) in [5.41, 5.74) is 0.0721. The van der Waals surface area contributed by atoms with Gasteiger partial charge in [-0.3, -0.25) is 9.59 Å². The third-order valence-electron chi connectivity index (χ3n) is 2.31. The second-order valence-corrected chi connectivity index (χ2v) is 5.94. The van der Waals surface area contributed by atoms with Gasteiger partial charge in [-0.1, -0.05) is 11.8 Å². The number of carbonyl (C=O) groups is 3. The largest absolute Gasteiger partial charge is 0.478 e. The molecule has 1 aliphatic rings. The van der Waals surface area contributed by atoms with Crippen LogP contribution in [0.5, 0.6) is 0 Å². The highest BCUT2D eigenvalue weighted by Gasteiger charge is 2.29. The highest BCUT2D eigenvalue weighted by molar-refractivity contribution is 8.14. The summed E-state index contributed by atoms with van der Waals surface area (Å²) >= 11 is 2.23. The van der Waals surface area contributed by atoms with Gasteiger partial charge in [-0.05, 0) is 13.0 Å². The van der Waals surface area contributed by atoms with E-state index in [4.69, 9.17) is 5.11 Å². The van der Waals surface area contributed by atoms with Crippen molar-refractivity contribution in [3.05, 3.63) is 16.5 Å². The average molecular weight is 286 g/mol. The van der Waals surface area contributed by atoms with Gasteiger partial charge in [0.1, 0.15) is 11.0 Å². The van der Waals surface area contributed by atoms with Crippen LogP contribution in [0.2, 0.25) is 0 Å². The number of thiophene rings is 1. The highest BCUT2D eigenvalue weighted by Crippen LogP contribution is 2.28. The fourth-order valence-electron chi connectivity index (χ4n) is 1.49. The van der Waals surface area contributed by atoms with Gasteiger partial charge in [-0.25, -0.2) is 4.79 Å². The Morgan fingerprint density at radius 2 is 2.28 bits per heavy atom. The molecule has 1 aromatic heterocycles. The maximum Gasteiger partial charge on any atom is 0.338 e. The minimum absolute atomic E-state index is 0.0721. The topological polar surface area (TPSA) is 95.5 Å². The fourth-order valence-corrected chi connectivity index (χ4v) is 3.18. The number of aromatic carboxylic acids is 1. The zero-order valence-corrected chi connectivity index (χ0v) is 11.0. The molecular weight excluding hydrogens is 276 g/mol. The third-order valence-corrected chi connectivity index (χ3v) is 4.16. The fraction of sp³-hybridized carbons (Fsp3) is 0.300. The lowest BCUT2D eigenvalue weighted by Gasteiger charge is -2.09. The van der Waals surface area contributed by atoms with Crippen LogP contribution in [0.15, 0.2) is 6.07 Å². The zero-order valence-electron chi connectivity index (χ0n) is 9.35. The zero-order chi connectivity index (χ0) is 13.3. The third kappa shape index (κ3) is 2.65. The van der Waals surface area contributed by atoms with E-state index in [-0.39, 0.29) is 10.8 Å². The summed E-state index contributed by atoms with van der Waals surface area (Å²) < 4.78 is 0. The molecule has 1 aliphatic heterocycles. The molecule has 2 heterocycles. The summed E-state index contributed by atoms with van der Waals surface area (Å²) in [6.07, 6.45) is 0. The normalized spacial score (nSPS) is 18.5. The summed E-state index contributed by atoms with van der Waals surface area (Å²) in [6, 6.07) is 0.900. The Kier molecular flexibility index (Phi) is 3.58. The minimum Gasteiger partial charge on any atom is -0.478 e. The number of rotatable bonds is 3. The van der Waals surface area contributed by atoms with Crippen LogP contribution in [0.25, 0.3) is 0 Å². The number of carboxylic acid groups (broad SMARTS) is 1. The quantitative estimate of drug-likeness (QED) is 0.783. The van der Waals surface area contributed by atoms with Crippen molar-refractivity contribution < 1.29 is 19.5 Å². The lowest BCUT2D eigenvalue weighted by atomic mass is 10.2. The smallest absolute Gasteiger partial charge is 0.338 e. The van der Waals surface area contributed by atoms with E-state index in [2.05, 4.69) is 10.6 Å². The minimum atomic E-state index is -1.08. The number of nitrogens with one attached hydrogen (secondary N) is 2. The first-order valence-electron chi connectivity index (χ1n) is 5.05. The lowest BCUT2D eigenvalue weighted by molar-refractivity contribution is -0.117. The van der Waals surface area contributed by atoms with Gasteiger partial charge in [0.25, 0.3) is 5.24 Å². The Morgan fingerprint density at radius 3 is 2.83 bits per heavy atom. The first kappa shape index (κ1) is 12.9. The van der Waals surface area contributed by atoms with Crippen molar-refractivity contribution in [2.24, 2.45) is 0 Å². The van der Waals surface area contributed by atoms with Crippen molar-refractivity contribution in [3.63, 3.8) is 0 Å². The second kappa shape index (κ2) is 4.99. The molecule has 0 spiro atoms. The molecule has 0 bridgehead atoms. The molecule has 3 N–H and O–H groups in total. The molecule has 96 valence electrons. The van der Waals surface area contributed by atoms with Crippen LogP contribution < -0.4 is 10.6 Å². The monoisotopic (exact) mass is 286 g/mol. The van der Waals surface area contributed by atoms with Crippen LogP contribution >= 0.6 is 23.1 Å². The first-order chi connectivity index (χ1) is 8.47. The number of amides is 2. The molecule has 1 atom stereocenters. The van der Waals surface area contributed by atoms with Gasteiger partial charge in [-0.15, -0.1) is 11.3 Å². The standard InChI is InChI=1S/C10H10N2O4S2/c1-4-2-5(9(14)15)8(18-4)12-7(13)6-3-17-10(16)11-6/h2,6H,3H2,1H3,(H,11,16)(H,12,13)(H,14,15). The number of hydrogen-bond donors (Lipinski definition) is 3. The van der Waals surface area contributed by atoms with Crippen molar-refractivity contribution in [2.75, 3.05) is 11.1 Å². The van der Waals surface area contributed by atoms with Gasteiger partial charge in [0.2, 0.25) is 5.91 Å². The lowest BCUT2D eigenvalue weighted by Crippen LogP contribution is -2.38. The van der Waals surface area contributed by atoms with E-state index in [0.717, 1.165) is 16.6 Å². The molecule has 0 aromatic carbocycles. The highest BCUT2D eigenvalue weighted by atomic mass is 32.2. The SMILES string of the molecule is Cc1cc(C(=O)O)c(NC(=O)C2CSC(=O)N2)s1. The Morgan fingerprint density at radius 1 is 1.56 bits per heavy atom. The van der Waals surface area contributed by atoms with Crippen LogP contribution in [-0.2, 0) is 4.79 Å². The van der Waals surface area contributed by atoms with Crippen molar-refractivity contribution >= 4 is 45.2 Å². The van der Waals surface area contributed by atoms with Crippen LogP contribution in [0.1, 0.15) is 15.2 Å². The molecule has 18 heavy (non-hydrogen) atoms. The first-order valence-corrected chi connectivity index (χ1v) is 6.85. The van der Waals surface area contributed by atoms with E-state index >= 15 is 0 Å². The van der Waals surface area contributed by atoms with Crippen LogP contribution in [0.4, 0.5) is 9.80 Å². The Labute approximate surface area is 111 Å². The molecular formula is C10H10N2O4S2. The predicted molar refractivity (Wildman–Crippen MR) is 69.4 cm³/mol. The van der Waals surface area contributed by atoms with Crippen molar-refractivity contribution in [1.29, 1.82) is 0 Å². The number of anilines is 1. The molecule has 1 unspecified atom stereocenters. The number of hydrogen-bond acceptors (Lipinski definition) is 5. The molecule has 2 rings (SSSR count). The van der Waals surface area contributed by atoms with Gasteiger partial charge in [0, 0.05) is 10.6 Å². The van der Waals surface area contributed by atoms with Gasteiger partial charge in [0.05, 0.1) is 5.56 Å². The van der Waals surface area contributed by atoms with Crippen LogP contribution in [-0.4, -0.2) is 34.0 Å². The molecule has 0 aliphatic carbocycles. The molecule has 1 fully saturated rings. The Bertz CT molecular complexity index is 526. The van der Waals surface area contributed by atoms with Gasteiger partial charge in [0.15, 0.2) is 0 Å². The van der Waals surface area contributed by atoms with Gasteiger partial charge < -0.3 is 15.7 Å². The average Bonchev–Trinajstić information content (AvgIpc) is 2.85. The molecule has 0 saturated carbocycles. The molecule has 2 amide bonds. The summed E-state index contributed by atoms with van der Waals surface area (Å²) in [5.74, 6) is -1.12. The number of aryl methyl sites for hydroxylation is 1. The molecule has 8 heteroatoms. The summed E-state index contributed by atoms with van der Waals surface area (Å²) in [4.78, 5) is 34.6. The van der Waals surface area contributed by atoms with E-state index in [0.29, 0.717) is 10.8 Å². The number of carboxylic acids is 1. The second-order valence-electron chi connectivity index (χ2n) is 3.69. The Balaban J connectivity index is 2.11. The van der Waals surface area contributed by atoms with E-state index < -0.39 is 17.9 Å². The van der Waals surface area contributed by atoms with Crippen LogP contribution in [0.3, 0.4) is 0 Å². The Hall–Kier alpha value is -1.54.